The van der Waals surface area contributed by atoms with E-state index < -0.39 is 11.6 Å². The second-order valence-corrected chi connectivity index (χ2v) is 6.76. The molecule has 3 rings (SSSR count). The average molecular weight is 360 g/mol. The Labute approximate surface area is 153 Å². The Bertz CT molecular complexity index is 703. The Kier molecular flexibility index (Phi) is 6.58. The fourth-order valence-electron chi connectivity index (χ4n) is 3.39. The van der Waals surface area contributed by atoms with Crippen LogP contribution < -0.4 is 15.4 Å². The molecule has 0 spiro atoms. The van der Waals surface area contributed by atoms with Crippen molar-refractivity contribution in [1.29, 1.82) is 0 Å². The summed E-state index contributed by atoms with van der Waals surface area (Å²) >= 11 is 0. The summed E-state index contributed by atoms with van der Waals surface area (Å²) in [4.78, 5) is 0. The summed E-state index contributed by atoms with van der Waals surface area (Å²) in [6.07, 6.45) is 2.97. The van der Waals surface area contributed by atoms with Gasteiger partial charge in [-0.25, -0.2) is 8.78 Å². The van der Waals surface area contributed by atoms with Crippen LogP contribution in [0.2, 0.25) is 0 Å². The number of nitrogens with one attached hydrogen (secondary N) is 2. The fourth-order valence-corrected chi connectivity index (χ4v) is 3.39. The molecule has 0 aliphatic carbocycles. The van der Waals surface area contributed by atoms with Crippen molar-refractivity contribution in [3.8, 4) is 11.5 Å². The van der Waals surface area contributed by atoms with Gasteiger partial charge >= 0.3 is 0 Å². The molecular formula is C21H26F2N2O. The van der Waals surface area contributed by atoms with Gasteiger partial charge in [-0.3, -0.25) is 0 Å². The molecule has 2 N–H and O–H groups in total. The van der Waals surface area contributed by atoms with E-state index in [1.165, 1.54) is 12.1 Å². The number of rotatable bonds is 7. The van der Waals surface area contributed by atoms with Crippen LogP contribution in [0.5, 0.6) is 11.5 Å². The Morgan fingerprint density at radius 1 is 1.12 bits per heavy atom. The molecule has 0 bridgehead atoms. The smallest absolute Gasteiger partial charge is 0.198 e. The number of hydrogen-bond acceptors (Lipinski definition) is 3. The lowest BCUT2D eigenvalue weighted by atomic mass is 9.96. The molecule has 0 aromatic heterocycles. The number of piperidine rings is 1. The molecule has 3 nitrogen and oxygen atoms in total. The summed E-state index contributed by atoms with van der Waals surface area (Å²) < 4.78 is 34.7. The first kappa shape index (κ1) is 18.8. The highest BCUT2D eigenvalue weighted by Crippen LogP contribution is 2.33. The first-order valence-corrected chi connectivity index (χ1v) is 9.34. The van der Waals surface area contributed by atoms with Crippen LogP contribution in [0.25, 0.3) is 0 Å². The van der Waals surface area contributed by atoms with Gasteiger partial charge in [-0.2, -0.15) is 0 Å². The maximum absolute atomic E-state index is 15.0. The number of benzene rings is 2. The zero-order valence-electron chi connectivity index (χ0n) is 15.1. The summed E-state index contributed by atoms with van der Waals surface area (Å²) in [5, 5.41) is 6.81. The molecule has 0 saturated carbocycles. The lowest BCUT2D eigenvalue weighted by molar-refractivity contribution is 0.333. The molecule has 2 aromatic carbocycles. The van der Waals surface area contributed by atoms with Gasteiger partial charge in [0, 0.05) is 11.6 Å². The second kappa shape index (κ2) is 9.10. The lowest BCUT2D eigenvalue weighted by Gasteiger charge is -2.26. The molecule has 1 heterocycles. The quantitative estimate of drug-likeness (QED) is 0.744. The van der Waals surface area contributed by atoms with Gasteiger partial charge in [0.25, 0.3) is 0 Å². The molecule has 1 saturated heterocycles. The third-order valence-corrected chi connectivity index (χ3v) is 4.94. The third-order valence-electron chi connectivity index (χ3n) is 4.94. The maximum Gasteiger partial charge on any atom is 0.198 e. The lowest BCUT2D eigenvalue weighted by Crippen LogP contribution is -2.35. The largest absolute Gasteiger partial charge is 0.451 e. The van der Waals surface area contributed by atoms with Crippen LogP contribution in [0.1, 0.15) is 37.8 Å². The summed E-state index contributed by atoms with van der Waals surface area (Å²) in [5.41, 5.74) is 0.453. The molecule has 140 valence electrons. The van der Waals surface area contributed by atoms with E-state index in [1.54, 1.807) is 24.3 Å². The van der Waals surface area contributed by atoms with Crippen molar-refractivity contribution in [3.05, 3.63) is 59.7 Å². The van der Waals surface area contributed by atoms with Crippen LogP contribution in [0.15, 0.2) is 42.5 Å². The number of para-hydroxylation sites is 1. The minimum absolute atomic E-state index is 0.163. The number of halogens is 2. The SMILES string of the molecule is CCC(NCC1CCNCC1)c1ccc(F)c(Oc2ccccc2)c1F. The van der Waals surface area contributed by atoms with Crippen LogP contribution >= 0.6 is 0 Å². The monoisotopic (exact) mass is 360 g/mol. The van der Waals surface area contributed by atoms with E-state index in [-0.39, 0.29) is 11.8 Å². The standard InChI is InChI=1S/C21H26F2N2O/c1-2-19(25-14-15-10-12-24-13-11-15)17-8-9-18(22)21(20(17)23)26-16-6-4-3-5-7-16/h3-9,15,19,24-25H,2,10-14H2,1H3. The van der Waals surface area contributed by atoms with Gasteiger partial charge in [-0.15, -0.1) is 0 Å². The van der Waals surface area contributed by atoms with Gasteiger partial charge in [0.15, 0.2) is 17.4 Å². The Morgan fingerprint density at radius 2 is 1.85 bits per heavy atom. The Balaban J connectivity index is 1.76. The topological polar surface area (TPSA) is 33.3 Å². The summed E-state index contributed by atoms with van der Waals surface area (Å²) in [6, 6.07) is 11.4. The zero-order valence-corrected chi connectivity index (χ0v) is 15.1. The van der Waals surface area contributed by atoms with Gasteiger partial charge in [0.05, 0.1) is 0 Å². The third kappa shape index (κ3) is 4.59. The van der Waals surface area contributed by atoms with Gasteiger partial charge in [0.1, 0.15) is 5.75 Å². The van der Waals surface area contributed by atoms with Crippen molar-refractivity contribution in [2.24, 2.45) is 5.92 Å². The number of ether oxygens (including phenoxy) is 1. The molecule has 26 heavy (non-hydrogen) atoms. The van der Waals surface area contributed by atoms with Crippen LogP contribution in [-0.2, 0) is 0 Å². The minimum Gasteiger partial charge on any atom is -0.451 e. The van der Waals surface area contributed by atoms with Gasteiger partial charge in [-0.05, 0) is 63.0 Å². The fraction of sp³-hybridized carbons (Fsp3) is 0.429. The summed E-state index contributed by atoms with van der Waals surface area (Å²) in [6.45, 7) is 4.90. The minimum atomic E-state index is -0.691. The highest BCUT2D eigenvalue weighted by Gasteiger charge is 2.22. The molecule has 2 aromatic rings. The second-order valence-electron chi connectivity index (χ2n) is 6.76. The van der Waals surface area contributed by atoms with Crippen molar-refractivity contribution in [2.45, 2.75) is 32.2 Å². The van der Waals surface area contributed by atoms with E-state index >= 15 is 4.39 Å². The van der Waals surface area contributed by atoms with E-state index in [2.05, 4.69) is 10.6 Å². The predicted octanol–water partition coefficient (Wildman–Crippen LogP) is 4.80. The first-order valence-electron chi connectivity index (χ1n) is 9.34. The van der Waals surface area contributed by atoms with Crippen LogP contribution in [-0.4, -0.2) is 19.6 Å². The predicted molar refractivity (Wildman–Crippen MR) is 99.5 cm³/mol. The van der Waals surface area contributed by atoms with E-state index in [0.717, 1.165) is 38.9 Å². The van der Waals surface area contributed by atoms with Gasteiger partial charge in [0.2, 0.25) is 0 Å². The van der Waals surface area contributed by atoms with Crippen molar-refractivity contribution in [3.63, 3.8) is 0 Å². The van der Waals surface area contributed by atoms with Crippen molar-refractivity contribution in [1.82, 2.24) is 10.6 Å². The molecule has 0 amide bonds. The summed E-state index contributed by atoms with van der Waals surface area (Å²) in [7, 11) is 0. The van der Waals surface area contributed by atoms with Crippen molar-refractivity contribution < 1.29 is 13.5 Å². The highest BCUT2D eigenvalue weighted by atomic mass is 19.1. The molecule has 1 atom stereocenters. The molecule has 0 radical (unpaired) electrons. The van der Waals surface area contributed by atoms with Crippen molar-refractivity contribution in [2.75, 3.05) is 19.6 Å². The van der Waals surface area contributed by atoms with Crippen LogP contribution in [0.4, 0.5) is 8.78 Å². The summed E-state index contributed by atoms with van der Waals surface area (Å²) in [5.74, 6) is -0.648. The van der Waals surface area contributed by atoms with E-state index in [4.69, 9.17) is 4.74 Å². The molecule has 1 fully saturated rings. The number of hydrogen-bond donors (Lipinski definition) is 2. The van der Waals surface area contributed by atoms with Crippen molar-refractivity contribution >= 4 is 0 Å². The molecule has 5 heteroatoms. The van der Waals surface area contributed by atoms with Crippen LogP contribution in [0, 0.1) is 17.6 Å². The van der Waals surface area contributed by atoms with Gasteiger partial charge < -0.3 is 15.4 Å². The molecular weight excluding hydrogens is 334 g/mol. The average Bonchev–Trinajstić information content (AvgIpc) is 2.68. The van der Waals surface area contributed by atoms with E-state index in [9.17, 15) is 4.39 Å². The molecule has 1 unspecified atom stereocenters. The van der Waals surface area contributed by atoms with E-state index in [1.807, 2.05) is 13.0 Å². The van der Waals surface area contributed by atoms with E-state index in [0.29, 0.717) is 17.2 Å². The van der Waals surface area contributed by atoms with Gasteiger partial charge in [-0.1, -0.05) is 31.2 Å². The highest BCUT2D eigenvalue weighted by molar-refractivity contribution is 5.38. The Morgan fingerprint density at radius 3 is 2.54 bits per heavy atom. The molecule has 1 aliphatic heterocycles. The first-order chi connectivity index (χ1) is 12.7. The maximum atomic E-state index is 15.0. The Hall–Kier alpha value is -1.98. The normalized spacial score (nSPS) is 16.4. The zero-order chi connectivity index (χ0) is 18.4. The molecule has 1 aliphatic rings. The van der Waals surface area contributed by atoms with Crippen LogP contribution in [0.3, 0.4) is 0 Å².